The Morgan fingerprint density at radius 1 is 0.385 bits per heavy atom. The highest BCUT2D eigenvalue weighted by Crippen LogP contribution is 1.80. The fraction of sp³-hybridized carbons (Fsp3) is 0.962. The Hall–Kier alpha value is -0.970. The number of aliphatic carboxylic acids is 1. The minimum Gasteiger partial charge on any atom is -0.480 e. The van der Waals surface area contributed by atoms with Crippen LogP contribution in [0.4, 0.5) is 0 Å². The lowest BCUT2D eigenvalue weighted by Gasteiger charge is -2.10. The molecule has 0 aromatic rings. The largest absolute Gasteiger partial charge is 0.480 e. The van der Waals surface area contributed by atoms with E-state index in [2.05, 4.69) is 65.4 Å². The third kappa shape index (κ3) is 37.0. The predicted molar refractivity (Wildman–Crippen MR) is 164 cm³/mol. The summed E-state index contributed by atoms with van der Waals surface area (Å²) in [5, 5.41) is 45.6. The number of rotatable bonds is 35. The molecule has 0 aliphatic rings. The number of nitrogens with one attached hydrogen (secondary N) is 11. The predicted octanol–water partition coefficient (Wildman–Crippen LogP) is -3.64. The van der Waals surface area contributed by atoms with Crippen LogP contribution in [0.15, 0.2) is 0 Å². The van der Waals surface area contributed by atoms with Gasteiger partial charge in [-0.15, -0.1) is 0 Å². The van der Waals surface area contributed by atoms with Crippen LogP contribution >= 0.6 is 0 Å². The SMILES string of the molecule is CCCCNCCNCCNCCNCCNCCNCCNCCNCCNCCNCCNCC(=O)O. The lowest BCUT2D eigenvalue weighted by Crippen LogP contribution is -2.38. The van der Waals surface area contributed by atoms with Crippen molar-refractivity contribution in [2.45, 2.75) is 19.8 Å². The molecule has 0 fully saturated rings. The average Bonchev–Trinajstić information content (AvgIpc) is 2.93. The maximum Gasteiger partial charge on any atom is 0.317 e. The highest BCUT2D eigenvalue weighted by molar-refractivity contribution is 5.68. The summed E-state index contributed by atoms with van der Waals surface area (Å²) in [5.41, 5.74) is 0. The summed E-state index contributed by atoms with van der Waals surface area (Å²) in [6, 6.07) is 0. The van der Waals surface area contributed by atoms with Crippen molar-refractivity contribution >= 4 is 5.97 Å². The number of carbonyl (C=O) groups is 1. The molecule has 234 valence electrons. The van der Waals surface area contributed by atoms with Gasteiger partial charge in [-0.3, -0.25) is 4.79 Å². The standard InChI is InChI=1S/C26H63N11O2/c1-2-3-4-27-5-6-28-7-8-29-9-10-30-11-12-31-13-14-32-15-16-33-17-18-34-19-20-35-21-22-36-23-24-37-25-26(38)39/h27-37H,2-25H2,1H3,(H,38,39). The van der Waals surface area contributed by atoms with E-state index in [1.54, 1.807) is 0 Å². The monoisotopic (exact) mass is 562 g/mol. The van der Waals surface area contributed by atoms with Crippen molar-refractivity contribution in [2.75, 3.05) is 144 Å². The lowest BCUT2D eigenvalue weighted by molar-refractivity contribution is -0.135. The molecular formula is C26H63N11O2. The van der Waals surface area contributed by atoms with E-state index in [0.29, 0.717) is 6.54 Å². The Labute approximate surface area is 238 Å². The van der Waals surface area contributed by atoms with Gasteiger partial charge in [0.1, 0.15) is 0 Å². The Bertz CT molecular complexity index is 479. The van der Waals surface area contributed by atoms with Crippen LogP contribution in [-0.4, -0.2) is 155 Å². The maximum absolute atomic E-state index is 10.4. The molecular weight excluding hydrogens is 498 g/mol. The number of hydrogen-bond donors (Lipinski definition) is 12. The molecule has 0 atom stereocenters. The Balaban J connectivity index is 3.02. The van der Waals surface area contributed by atoms with E-state index >= 15 is 0 Å². The van der Waals surface area contributed by atoms with Crippen LogP contribution in [0, 0.1) is 0 Å². The van der Waals surface area contributed by atoms with Gasteiger partial charge in [-0.1, -0.05) is 13.3 Å². The Kier molecular flexibility index (Phi) is 34.2. The molecule has 12 N–H and O–H groups in total. The van der Waals surface area contributed by atoms with Gasteiger partial charge in [0, 0.05) is 131 Å². The van der Waals surface area contributed by atoms with Crippen LogP contribution in [0.3, 0.4) is 0 Å². The summed E-state index contributed by atoms with van der Waals surface area (Å²) in [6.07, 6.45) is 2.52. The topological polar surface area (TPSA) is 170 Å². The van der Waals surface area contributed by atoms with Gasteiger partial charge in [0.05, 0.1) is 6.54 Å². The minimum absolute atomic E-state index is 0.0163. The number of carboxylic acids is 1. The average molecular weight is 562 g/mol. The third-order valence-corrected chi connectivity index (χ3v) is 5.77. The zero-order valence-corrected chi connectivity index (χ0v) is 24.8. The molecule has 0 bridgehead atoms. The molecule has 0 aliphatic carbocycles. The number of hydrogen-bond acceptors (Lipinski definition) is 12. The molecule has 0 saturated carbocycles. The summed E-state index contributed by atoms with van der Waals surface area (Å²) < 4.78 is 0. The molecule has 0 amide bonds. The summed E-state index contributed by atoms with van der Waals surface area (Å²) >= 11 is 0. The van der Waals surface area contributed by atoms with Gasteiger partial charge in [0.2, 0.25) is 0 Å². The third-order valence-electron chi connectivity index (χ3n) is 5.77. The van der Waals surface area contributed by atoms with Crippen molar-refractivity contribution in [2.24, 2.45) is 0 Å². The second-order valence-corrected chi connectivity index (χ2v) is 9.42. The van der Waals surface area contributed by atoms with Gasteiger partial charge in [-0.05, 0) is 13.0 Å². The van der Waals surface area contributed by atoms with Crippen LogP contribution in [0.5, 0.6) is 0 Å². The molecule has 13 heteroatoms. The Morgan fingerprint density at radius 2 is 0.590 bits per heavy atom. The maximum atomic E-state index is 10.4. The van der Waals surface area contributed by atoms with E-state index in [0.717, 1.165) is 131 Å². The van der Waals surface area contributed by atoms with E-state index in [9.17, 15) is 4.79 Å². The van der Waals surface area contributed by atoms with E-state index in [1.807, 2.05) is 0 Å². The van der Waals surface area contributed by atoms with Crippen molar-refractivity contribution in [3.05, 3.63) is 0 Å². The van der Waals surface area contributed by atoms with E-state index in [-0.39, 0.29) is 6.54 Å². The van der Waals surface area contributed by atoms with Gasteiger partial charge >= 0.3 is 5.97 Å². The van der Waals surface area contributed by atoms with Crippen molar-refractivity contribution in [3.63, 3.8) is 0 Å². The quantitative estimate of drug-likeness (QED) is 0.0343. The van der Waals surface area contributed by atoms with E-state index < -0.39 is 5.97 Å². The van der Waals surface area contributed by atoms with E-state index in [4.69, 9.17) is 5.11 Å². The van der Waals surface area contributed by atoms with Gasteiger partial charge in [0.25, 0.3) is 0 Å². The fourth-order valence-electron chi connectivity index (χ4n) is 3.51. The van der Waals surface area contributed by atoms with Crippen molar-refractivity contribution in [1.29, 1.82) is 0 Å². The second kappa shape index (κ2) is 35.1. The zero-order valence-electron chi connectivity index (χ0n) is 24.8. The van der Waals surface area contributed by atoms with Gasteiger partial charge < -0.3 is 63.6 Å². The minimum atomic E-state index is -0.820. The second-order valence-electron chi connectivity index (χ2n) is 9.42. The molecule has 0 heterocycles. The van der Waals surface area contributed by atoms with Crippen LogP contribution in [-0.2, 0) is 4.79 Å². The van der Waals surface area contributed by atoms with Crippen LogP contribution in [0.1, 0.15) is 19.8 Å². The van der Waals surface area contributed by atoms with Crippen LogP contribution in [0.25, 0.3) is 0 Å². The van der Waals surface area contributed by atoms with E-state index in [1.165, 1.54) is 12.8 Å². The summed E-state index contributed by atoms with van der Waals surface area (Å²) in [4.78, 5) is 10.4. The molecule has 0 radical (unpaired) electrons. The van der Waals surface area contributed by atoms with Gasteiger partial charge in [-0.2, -0.15) is 0 Å². The zero-order chi connectivity index (χ0) is 28.3. The first kappa shape index (κ1) is 38.0. The molecule has 0 aromatic carbocycles. The lowest BCUT2D eigenvalue weighted by atomic mass is 10.3. The highest BCUT2D eigenvalue weighted by Gasteiger charge is 1.95. The molecule has 0 unspecified atom stereocenters. The molecule has 39 heavy (non-hydrogen) atoms. The first-order valence-corrected chi connectivity index (χ1v) is 15.3. The van der Waals surface area contributed by atoms with Gasteiger partial charge in [0.15, 0.2) is 0 Å². The first-order valence-electron chi connectivity index (χ1n) is 15.3. The summed E-state index contributed by atoms with van der Waals surface area (Å²) in [6.45, 7) is 22.5. The molecule has 0 aliphatic heterocycles. The number of carboxylic acid groups (broad SMARTS) is 1. The van der Waals surface area contributed by atoms with Crippen molar-refractivity contribution in [3.8, 4) is 0 Å². The van der Waals surface area contributed by atoms with Gasteiger partial charge in [-0.25, -0.2) is 0 Å². The summed E-state index contributed by atoms with van der Waals surface area (Å²) in [7, 11) is 0. The fourth-order valence-corrected chi connectivity index (χ4v) is 3.51. The Morgan fingerprint density at radius 3 is 0.795 bits per heavy atom. The molecule has 0 saturated heterocycles. The highest BCUT2D eigenvalue weighted by atomic mass is 16.4. The molecule has 0 rings (SSSR count). The summed E-state index contributed by atoms with van der Waals surface area (Å²) in [5.74, 6) is -0.820. The molecule has 13 nitrogen and oxygen atoms in total. The molecule has 0 spiro atoms. The normalized spacial score (nSPS) is 11.4. The first-order chi connectivity index (χ1) is 19.3. The van der Waals surface area contributed by atoms with Crippen molar-refractivity contribution in [1.82, 2.24) is 58.5 Å². The number of unbranched alkanes of at least 4 members (excludes halogenated alkanes) is 1. The van der Waals surface area contributed by atoms with Crippen LogP contribution in [0.2, 0.25) is 0 Å². The van der Waals surface area contributed by atoms with Crippen LogP contribution < -0.4 is 58.5 Å². The van der Waals surface area contributed by atoms with Crippen molar-refractivity contribution < 1.29 is 9.90 Å². The smallest absolute Gasteiger partial charge is 0.317 e. The molecule has 0 aromatic heterocycles.